The van der Waals surface area contributed by atoms with E-state index in [2.05, 4.69) is 5.10 Å². The van der Waals surface area contributed by atoms with Crippen LogP contribution in [0.25, 0.3) is 0 Å². The van der Waals surface area contributed by atoms with Crippen molar-refractivity contribution < 1.29 is 24.6 Å². The molecule has 0 bridgehead atoms. The molecule has 0 saturated heterocycles. The van der Waals surface area contributed by atoms with Crippen LogP contribution >= 0.6 is 0 Å². The highest BCUT2D eigenvalue weighted by atomic mass is 16.4. The molecule has 110 valence electrons. The molecular formula is C12H17N3O5. The molecular weight excluding hydrogens is 266 g/mol. The van der Waals surface area contributed by atoms with E-state index in [1.54, 1.807) is 13.0 Å². The van der Waals surface area contributed by atoms with Crippen molar-refractivity contribution in [2.24, 2.45) is 0 Å². The molecule has 1 rings (SSSR count). The Labute approximate surface area is 115 Å². The molecule has 8 heteroatoms. The summed E-state index contributed by atoms with van der Waals surface area (Å²) < 4.78 is 1.44. The van der Waals surface area contributed by atoms with Crippen LogP contribution in [0.3, 0.4) is 0 Å². The lowest BCUT2D eigenvalue weighted by atomic mass is 10.2. The van der Waals surface area contributed by atoms with Gasteiger partial charge in [-0.1, -0.05) is 6.92 Å². The Morgan fingerprint density at radius 2 is 1.75 bits per heavy atom. The number of hydrogen-bond donors (Lipinski definition) is 2. The molecule has 20 heavy (non-hydrogen) atoms. The number of amides is 1. The molecule has 0 aliphatic carbocycles. The van der Waals surface area contributed by atoms with E-state index in [4.69, 9.17) is 10.2 Å². The third-order valence-corrected chi connectivity index (χ3v) is 2.65. The van der Waals surface area contributed by atoms with E-state index in [9.17, 15) is 14.4 Å². The lowest BCUT2D eigenvalue weighted by molar-refractivity contribution is -0.140. The van der Waals surface area contributed by atoms with Gasteiger partial charge in [-0.15, -0.1) is 0 Å². The summed E-state index contributed by atoms with van der Waals surface area (Å²) in [6.45, 7) is 2.78. The zero-order valence-corrected chi connectivity index (χ0v) is 11.4. The topological polar surface area (TPSA) is 113 Å². The van der Waals surface area contributed by atoms with Crippen molar-refractivity contribution in [1.29, 1.82) is 0 Å². The Balaban J connectivity index is 3.06. The minimum Gasteiger partial charge on any atom is -0.480 e. The number of carboxylic acid groups (broad SMARTS) is 2. The molecule has 2 N–H and O–H groups in total. The Morgan fingerprint density at radius 3 is 2.15 bits per heavy atom. The van der Waals surface area contributed by atoms with Gasteiger partial charge in [0.25, 0.3) is 5.91 Å². The monoisotopic (exact) mass is 283 g/mol. The van der Waals surface area contributed by atoms with Crippen LogP contribution in [0.4, 0.5) is 0 Å². The highest BCUT2D eigenvalue weighted by Crippen LogP contribution is 2.09. The van der Waals surface area contributed by atoms with Crippen LogP contribution in [0.5, 0.6) is 0 Å². The average molecular weight is 283 g/mol. The van der Waals surface area contributed by atoms with Crippen molar-refractivity contribution in [2.45, 2.75) is 26.8 Å². The fourth-order valence-corrected chi connectivity index (χ4v) is 1.74. The summed E-state index contributed by atoms with van der Waals surface area (Å²) in [5.41, 5.74) is 0.896. The molecule has 8 nitrogen and oxygen atoms in total. The first-order valence-corrected chi connectivity index (χ1v) is 6.18. The third-order valence-electron chi connectivity index (χ3n) is 2.65. The van der Waals surface area contributed by atoms with Gasteiger partial charge in [0.15, 0.2) is 0 Å². The smallest absolute Gasteiger partial charge is 0.323 e. The molecule has 0 spiro atoms. The van der Waals surface area contributed by atoms with Gasteiger partial charge in [-0.05, 0) is 19.4 Å². The molecule has 1 amide bonds. The summed E-state index contributed by atoms with van der Waals surface area (Å²) >= 11 is 0. The maximum atomic E-state index is 12.3. The quantitative estimate of drug-likeness (QED) is 0.732. The molecule has 1 heterocycles. The van der Waals surface area contributed by atoms with Crippen molar-refractivity contribution in [1.82, 2.24) is 14.7 Å². The number of carbonyl (C=O) groups is 3. The molecule has 0 radical (unpaired) electrons. The number of aliphatic carboxylic acids is 2. The van der Waals surface area contributed by atoms with E-state index < -0.39 is 30.9 Å². The summed E-state index contributed by atoms with van der Waals surface area (Å²) in [6, 6.07) is 1.56. The molecule has 0 aromatic carbocycles. The van der Waals surface area contributed by atoms with Gasteiger partial charge in [0.2, 0.25) is 0 Å². The number of hydrogen-bond acceptors (Lipinski definition) is 4. The lowest BCUT2D eigenvalue weighted by Crippen LogP contribution is -2.40. The van der Waals surface area contributed by atoms with Crippen molar-refractivity contribution in [3.05, 3.63) is 17.5 Å². The van der Waals surface area contributed by atoms with Crippen LogP contribution in [-0.2, 0) is 22.6 Å². The Bertz CT molecular complexity index is 507. The van der Waals surface area contributed by atoms with Crippen molar-refractivity contribution >= 4 is 17.8 Å². The average Bonchev–Trinajstić information content (AvgIpc) is 2.79. The van der Waals surface area contributed by atoms with Crippen LogP contribution < -0.4 is 0 Å². The largest absolute Gasteiger partial charge is 0.480 e. The Kier molecular flexibility index (Phi) is 5.24. The molecule has 1 aromatic heterocycles. The van der Waals surface area contributed by atoms with E-state index in [-0.39, 0.29) is 5.69 Å². The van der Waals surface area contributed by atoms with Gasteiger partial charge in [0.05, 0.1) is 5.69 Å². The maximum absolute atomic E-state index is 12.3. The number of aromatic nitrogens is 2. The van der Waals surface area contributed by atoms with Gasteiger partial charge in [0.1, 0.15) is 18.8 Å². The van der Waals surface area contributed by atoms with Gasteiger partial charge in [-0.3, -0.25) is 19.1 Å². The molecule has 0 aliphatic heterocycles. The molecule has 0 fully saturated rings. The van der Waals surface area contributed by atoms with Crippen molar-refractivity contribution in [2.75, 3.05) is 13.1 Å². The zero-order chi connectivity index (χ0) is 15.3. The van der Waals surface area contributed by atoms with Crippen molar-refractivity contribution in [3.63, 3.8) is 0 Å². The fraction of sp³-hybridized carbons (Fsp3) is 0.500. The summed E-state index contributed by atoms with van der Waals surface area (Å²) in [7, 11) is 0. The van der Waals surface area contributed by atoms with E-state index >= 15 is 0 Å². The first-order valence-electron chi connectivity index (χ1n) is 6.18. The standard InChI is InChI=1S/C12H17N3O5/c1-3-8-5-9(15(4-2)13-8)12(20)14(6-10(16)17)7-11(18)19/h5H,3-4,6-7H2,1-2H3,(H,16,17)(H,18,19). The summed E-state index contributed by atoms with van der Waals surface area (Å²) in [4.78, 5) is 34.5. The lowest BCUT2D eigenvalue weighted by Gasteiger charge is -2.18. The van der Waals surface area contributed by atoms with Gasteiger partial charge in [-0.25, -0.2) is 0 Å². The summed E-state index contributed by atoms with van der Waals surface area (Å²) in [5, 5.41) is 21.7. The maximum Gasteiger partial charge on any atom is 0.323 e. The summed E-state index contributed by atoms with van der Waals surface area (Å²) in [6.07, 6.45) is 0.630. The predicted molar refractivity (Wildman–Crippen MR) is 68.5 cm³/mol. The Hall–Kier alpha value is -2.38. The minimum absolute atomic E-state index is 0.201. The van der Waals surface area contributed by atoms with Gasteiger partial charge in [-0.2, -0.15) is 5.10 Å². The van der Waals surface area contributed by atoms with E-state index in [1.807, 2.05) is 6.92 Å². The second-order valence-corrected chi connectivity index (χ2v) is 4.14. The molecule has 0 atom stereocenters. The predicted octanol–water partition coefficient (Wildman–Crippen LogP) is 0.0768. The first-order chi connectivity index (χ1) is 9.38. The van der Waals surface area contributed by atoms with Gasteiger partial charge < -0.3 is 15.1 Å². The number of carbonyl (C=O) groups excluding carboxylic acids is 1. The van der Waals surface area contributed by atoms with Crippen LogP contribution in [0.15, 0.2) is 6.07 Å². The minimum atomic E-state index is -1.27. The second kappa shape index (κ2) is 6.69. The highest BCUT2D eigenvalue weighted by Gasteiger charge is 2.24. The van der Waals surface area contributed by atoms with E-state index in [0.29, 0.717) is 18.7 Å². The molecule has 0 saturated carbocycles. The third kappa shape index (κ3) is 3.81. The summed E-state index contributed by atoms with van der Waals surface area (Å²) in [5.74, 6) is -3.18. The van der Waals surface area contributed by atoms with Crippen LogP contribution in [0, 0.1) is 0 Å². The zero-order valence-electron chi connectivity index (χ0n) is 11.4. The second-order valence-electron chi connectivity index (χ2n) is 4.14. The van der Waals surface area contributed by atoms with E-state index in [0.717, 1.165) is 4.90 Å². The fourth-order valence-electron chi connectivity index (χ4n) is 1.74. The molecule has 0 aliphatic rings. The number of rotatable bonds is 7. The Morgan fingerprint density at radius 1 is 1.20 bits per heavy atom. The van der Waals surface area contributed by atoms with Gasteiger partial charge >= 0.3 is 11.9 Å². The first kappa shape index (κ1) is 15.7. The number of aryl methyl sites for hydroxylation is 2. The van der Waals surface area contributed by atoms with Crippen molar-refractivity contribution in [3.8, 4) is 0 Å². The van der Waals surface area contributed by atoms with Gasteiger partial charge in [0, 0.05) is 6.54 Å². The normalized spacial score (nSPS) is 10.3. The van der Waals surface area contributed by atoms with Crippen LogP contribution in [0.2, 0.25) is 0 Å². The molecule has 1 aromatic rings. The highest BCUT2D eigenvalue weighted by molar-refractivity contribution is 5.96. The van der Waals surface area contributed by atoms with E-state index in [1.165, 1.54) is 4.68 Å². The van der Waals surface area contributed by atoms with Crippen LogP contribution in [0.1, 0.15) is 30.0 Å². The number of nitrogens with zero attached hydrogens (tertiary/aromatic N) is 3. The van der Waals surface area contributed by atoms with Crippen LogP contribution in [-0.4, -0.2) is 55.8 Å². The molecule has 0 unspecified atom stereocenters. The number of carboxylic acids is 2. The SMILES string of the molecule is CCc1cc(C(=O)N(CC(=O)O)CC(=O)O)n(CC)n1.